The number of ether oxygens (including phenoxy) is 1. The Hall–Kier alpha value is -2.48. The minimum absolute atomic E-state index is 0.354. The van der Waals surface area contributed by atoms with Crippen LogP contribution >= 0.6 is 0 Å². The minimum Gasteiger partial charge on any atom is -0.497 e. The molecule has 1 atom stereocenters. The molecule has 1 aromatic heterocycles. The lowest BCUT2D eigenvalue weighted by Crippen LogP contribution is -2.34. The fraction of sp³-hybridized carbons (Fsp3) is 0.412. The SMILES string of the molecule is COc1cccc(-c2nc(C#N)c(N3CCCC(C)C3)o2)c1. The lowest BCUT2D eigenvalue weighted by molar-refractivity contribution is 0.414. The van der Waals surface area contributed by atoms with E-state index in [1.165, 1.54) is 6.42 Å². The van der Waals surface area contributed by atoms with Gasteiger partial charge in [0.1, 0.15) is 11.8 Å². The van der Waals surface area contributed by atoms with Crippen LogP contribution in [0, 0.1) is 17.2 Å². The number of aromatic nitrogens is 1. The fourth-order valence-electron chi connectivity index (χ4n) is 2.85. The molecule has 0 saturated carbocycles. The quantitative estimate of drug-likeness (QED) is 0.868. The number of rotatable bonds is 3. The van der Waals surface area contributed by atoms with Crippen LogP contribution in [0.5, 0.6) is 5.75 Å². The molecule has 0 radical (unpaired) electrons. The van der Waals surface area contributed by atoms with Gasteiger partial charge in [-0.3, -0.25) is 0 Å². The van der Waals surface area contributed by atoms with Gasteiger partial charge in [-0.25, -0.2) is 0 Å². The number of hydrogen-bond acceptors (Lipinski definition) is 5. The molecule has 5 heteroatoms. The van der Waals surface area contributed by atoms with Crippen molar-refractivity contribution < 1.29 is 9.15 Å². The molecule has 3 rings (SSSR count). The normalized spacial score (nSPS) is 18.0. The van der Waals surface area contributed by atoms with Gasteiger partial charge in [0.05, 0.1) is 7.11 Å². The summed E-state index contributed by atoms with van der Waals surface area (Å²) in [6.07, 6.45) is 2.33. The molecular formula is C17H19N3O2. The first-order valence-corrected chi connectivity index (χ1v) is 7.51. The van der Waals surface area contributed by atoms with E-state index >= 15 is 0 Å². The van der Waals surface area contributed by atoms with Gasteiger partial charge in [0.15, 0.2) is 0 Å². The van der Waals surface area contributed by atoms with E-state index < -0.39 is 0 Å². The molecule has 2 heterocycles. The second-order valence-corrected chi connectivity index (χ2v) is 5.71. The first kappa shape index (κ1) is 14.5. The Morgan fingerprint density at radius 2 is 2.32 bits per heavy atom. The highest BCUT2D eigenvalue weighted by Gasteiger charge is 2.24. The summed E-state index contributed by atoms with van der Waals surface area (Å²) >= 11 is 0. The highest BCUT2D eigenvalue weighted by Crippen LogP contribution is 2.32. The maximum absolute atomic E-state index is 9.35. The summed E-state index contributed by atoms with van der Waals surface area (Å²) in [6.45, 7) is 4.03. The Bertz CT molecular complexity index is 702. The van der Waals surface area contributed by atoms with Crippen molar-refractivity contribution in [1.82, 2.24) is 4.98 Å². The summed E-state index contributed by atoms with van der Waals surface area (Å²) < 4.78 is 11.1. The lowest BCUT2D eigenvalue weighted by Gasteiger charge is -2.30. The van der Waals surface area contributed by atoms with Crippen LogP contribution in [0.25, 0.3) is 11.5 Å². The van der Waals surface area contributed by atoms with Crippen molar-refractivity contribution in [2.45, 2.75) is 19.8 Å². The van der Waals surface area contributed by atoms with E-state index in [-0.39, 0.29) is 0 Å². The molecule has 1 saturated heterocycles. The Morgan fingerprint density at radius 3 is 3.05 bits per heavy atom. The van der Waals surface area contributed by atoms with Gasteiger partial charge in [0, 0.05) is 18.7 Å². The summed E-state index contributed by atoms with van der Waals surface area (Å²) in [5.74, 6) is 2.39. The summed E-state index contributed by atoms with van der Waals surface area (Å²) in [6, 6.07) is 9.65. The van der Waals surface area contributed by atoms with Crippen LogP contribution in [0.3, 0.4) is 0 Å². The van der Waals surface area contributed by atoms with Crippen molar-refractivity contribution in [1.29, 1.82) is 5.26 Å². The molecule has 1 unspecified atom stereocenters. The minimum atomic E-state index is 0.354. The van der Waals surface area contributed by atoms with Crippen LogP contribution in [0.4, 0.5) is 5.88 Å². The second kappa shape index (κ2) is 6.10. The smallest absolute Gasteiger partial charge is 0.235 e. The molecule has 22 heavy (non-hydrogen) atoms. The number of hydrogen-bond donors (Lipinski definition) is 0. The largest absolute Gasteiger partial charge is 0.497 e. The molecule has 0 amide bonds. The highest BCUT2D eigenvalue weighted by atomic mass is 16.5. The fourth-order valence-corrected chi connectivity index (χ4v) is 2.85. The Morgan fingerprint density at radius 1 is 1.45 bits per heavy atom. The molecular weight excluding hydrogens is 278 g/mol. The lowest BCUT2D eigenvalue weighted by atomic mass is 10.0. The van der Waals surface area contributed by atoms with Crippen molar-refractivity contribution >= 4 is 5.88 Å². The molecule has 0 N–H and O–H groups in total. The zero-order valence-electron chi connectivity index (χ0n) is 12.9. The van der Waals surface area contributed by atoms with Gasteiger partial charge in [-0.1, -0.05) is 13.0 Å². The second-order valence-electron chi connectivity index (χ2n) is 5.71. The molecule has 1 aromatic carbocycles. The Labute approximate surface area is 130 Å². The number of piperidine rings is 1. The average molecular weight is 297 g/mol. The van der Waals surface area contributed by atoms with Gasteiger partial charge >= 0.3 is 0 Å². The molecule has 0 aliphatic carbocycles. The standard InChI is InChI=1S/C17H19N3O2/c1-12-5-4-8-20(11-12)17-15(10-18)19-16(22-17)13-6-3-7-14(9-13)21-2/h3,6-7,9,12H,4-5,8,11H2,1-2H3. The van der Waals surface area contributed by atoms with Gasteiger partial charge in [0.25, 0.3) is 0 Å². The van der Waals surface area contributed by atoms with Crippen molar-refractivity contribution in [2.24, 2.45) is 5.92 Å². The number of anilines is 1. The van der Waals surface area contributed by atoms with Crippen LogP contribution in [0.2, 0.25) is 0 Å². The number of oxazole rings is 1. The van der Waals surface area contributed by atoms with Crippen molar-refractivity contribution in [2.75, 3.05) is 25.1 Å². The zero-order valence-corrected chi connectivity index (χ0v) is 12.9. The highest BCUT2D eigenvalue weighted by molar-refractivity contribution is 5.61. The Balaban J connectivity index is 1.96. The van der Waals surface area contributed by atoms with E-state index in [2.05, 4.69) is 22.9 Å². The third-order valence-electron chi connectivity index (χ3n) is 3.98. The van der Waals surface area contributed by atoms with E-state index in [4.69, 9.17) is 9.15 Å². The van der Waals surface area contributed by atoms with E-state index in [0.29, 0.717) is 23.4 Å². The summed E-state index contributed by atoms with van der Waals surface area (Å²) in [4.78, 5) is 6.48. The predicted molar refractivity (Wildman–Crippen MR) is 83.8 cm³/mol. The first-order chi connectivity index (χ1) is 10.7. The third-order valence-corrected chi connectivity index (χ3v) is 3.98. The van der Waals surface area contributed by atoms with E-state index in [9.17, 15) is 5.26 Å². The molecule has 1 aliphatic heterocycles. The monoisotopic (exact) mass is 297 g/mol. The average Bonchev–Trinajstić information content (AvgIpc) is 2.99. The number of benzene rings is 1. The number of methoxy groups -OCH3 is 1. The molecule has 1 aliphatic rings. The van der Waals surface area contributed by atoms with Crippen molar-refractivity contribution in [3.8, 4) is 23.3 Å². The third kappa shape index (κ3) is 2.77. The van der Waals surface area contributed by atoms with Crippen molar-refractivity contribution in [3.63, 3.8) is 0 Å². The molecule has 114 valence electrons. The zero-order chi connectivity index (χ0) is 15.5. The van der Waals surface area contributed by atoms with E-state index in [1.807, 2.05) is 24.3 Å². The van der Waals surface area contributed by atoms with Crippen LogP contribution in [0.15, 0.2) is 28.7 Å². The molecule has 0 spiro atoms. The van der Waals surface area contributed by atoms with E-state index in [0.717, 1.165) is 30.8 Å². The van der Waals surface area contributed by atoms with E-state index in [1.54, 1.807) is 7.11 Å². The van der Waals surface area contributed by atoms with Crippen LogP contribution in [-0.4, -0.2) is 25.2 Å². The summed E-state index contributed by atoms with van der Waals surface area (Å²) in [5, 5.41) is 9.35. The predicted octanol–water partition coefficient (Wildman–Crippen LogP) is 3.46. The van der Waals surface area contributed by atoms with Gasteiger partial charge in [0.2, 0.25) is 17.5 Å². The molecule has 5 nitrogen and oxygen atoms in total. The molecule has 0 bridgehead atoms. The van der Waals surface area contributed by atoms with Crippen LogP contribution in [0.1, 0.15) is 25.5 Å². The van der Waals surface area contributed by atoms with Gasteiger partial charge < -0.3 is 14.1 Å². The molecule has 2 aromatic rings. The topological polar surface area (TPSA) is 62.3 Å². The van der Waals surface area contributed by atoms with Gasteiger partial charge in [-0.05, 0) is 37.0 Å². The molecule has 1 fully saturated rings. The maximum Gasteiger partial charge on any atom is 0.235 e. The van der Waals surface area contributed by atoms with Crippen molar-refractivity contribution in [3.05, 3.63) is 30.0 Å². The summed E-state index contributed by atoms with van der Waals surface area (Å²) in [5.41, 5.74) is 1.17. The Kier molecular flexibility index (Phi) is 4.01. The van der Waals surface area contributed by atoms with Gasteiger partial charge in [-0.15, -0.1) is 0 Å². The number of nitrogens with zero attached hydrogens (tertiary/aromatic N) is 3. The van der Waals surface area contributed by atoms with Crippen LogP contribution < -0.4 is 9.64 Å². The van der Waals surface area contributed by atoms with Crippen LogP contribution in [-0.2, 0) is 0 Å². The summed E-state index contributed by atoms with van der Waals surface area (Å²) in [7, 11) is 1.62. The maximum atomic E-state index is 9.35. The first-order valence-electron chi connectivity index (χ1n) is 7.51. The number of nitriles is 1. The van der Waals surface area contributed by atoms with Gasteiger partial charge in [-0.2, -0.15) is 10.2 Å².